The van der Waals surface area contributed by atoms with Gasteiger partial charge in [0, 0.05) is 36.8 Å². The summed E-state index contributed by atoms with van der Waals surface area (Å²) in [5.41, 5.74) is 1.19. The van der Waals surface area contributed by atoms with Crippen molar-refractivity contribution in [3.63, 3.8) is 0 Å². The third-order valence-corrected chi connectivity index (χ3v) is 6.29. The van der Waals surface area contributed by atoms with E-state index in [1.54, 1.807) is 38.4 Å². The molecule has 1 aliphatic rings. The van der Waals surface area contributed by atoms with Gasteiger partial charge in [0.15, 0.2) is 5.82 Å². The fourth-order valence-corrected chi connectivity index (χ4v) is 4.36. The zero-order valence-electron chi connectivity index (χ0n) is 16.1. The van der Waals surface area contributed by atoms with Gasteiger partial charge in [-0.1, -0.05) is 34.8 Å². The number of benzene rings is 2. The molecule has 0 radical (unpaired) electrons. The molecule has 162 valence electrons. The monoisotopic (exact) mass is 499 g/mol. The van der Waals surface area contributed by atoms with Crippen LogP contribution in [0, 0.1) is 10.6 Å². The number of piperazine rings is 1. The summed E-state index contributed by atoms with van der Waals surface area (Å²) in [6.07, 6.45) is 0.858. The maximum Gasteiger partial charge on any atom is 0.209 e. The molecule has 1 amide bonds. The van der Waals surface area contributed by atoms with Gasteiger partial charge < -0.3 is 4.90 Å². The molecule has 0 atom stereocenters. The highest BCUT2D eigenvalue weighted by molar-refractivity contribution is 7.71. The summed E-state index contributed by atoms with van der Waals surface area (Å²) in [7, 11) is 0. The Morgan fingerprint density at radius 2 is 1.77 bits per heavy atom. The number of nitrogens with zero attached hydrogens (tertiary/aromatic N) is 5. The average Bonchev–Trinajstić information content (AvgIpc) is 3.06. The molecule has 0 spiro atoms. The molecule has 1 saturated heterocycles. The van der Waals surface area contributed by atoms with Gasteiger partial charge in [0.25, 0.3) is 0 Å². The molecule has 0 aliphatic carbocycles. The van der Waals surface area contributed by atoms with E-state index in [9.17, 15) is 9.18 Å². The van der Waals surface area contributed by atoms with Gasteiger partial charge in [0.05, 0.1) is 22.4 Å². The molecule has 3 aromatic rings. The van der Waals surface area contributed by atoms with E-state index in [1.807, 2.05) is 0 Å². The van der Waals surface area contributed by atoms with Crippen molar-refractivity contribution in [2.45, 2.75) is 6.67 Å². The molecular formula is C20H17Cl3FN5OS. The van der Waals surface area contributed by atoms with Crippen LogP contribution in [0.15, 0.2) is 36.4 Å². The van der Waals surface area contributed by atoms with Crippen molar-refractivity contribution in [1.29, 1.82) is 0 Å². The number of carbonyl (C=O) groups excluding carboxylic acids is 1. The predicted octanol–water partition coefficient (Wildman–Crippen LogP) is 4.90. The first-order valence-corrected chi connectivity index (χ1v) is 10.9. The molecule has 2 aromatic carbocycles. The molecule has 0 N–H and O–H groups in total. The van der Waals surface area contributed by atoms with Gasteiger partial charge >= 0.3 is 0 Å². The summed E-state index contributed by atoms with van der Waals surface area (Å²) in [6.45, 7) is 3.12. The fourth-order valence-electron chi connectivity index (χ4n) is 3.40. The Morgan fingerprint density at radius 3 is 2.42 bits per heavy atom. The summed E-state index contributed by atoms with van der Waals surface area (Å²) in [4.78, 5) is 14.8. The van der Waals surface area contributed by atoms with Crippen molar-refractivity contribution >= 4 is 53.4 Å². The van der Waals surface area contributed by atoms with E-state index >= 15 is 0 Å². The second kappa shape index (κ2) is 9.26. The number of halogens is 4. The van der Waals surface area contributed by atoms with Crippen LogP contribution in [0.5, 0.6) is 0 Å². The highest BCUT2D eigenvalue weighted by atomic mass is 35.5. The minimum atomic E-state index is -0.525. The zero-order valence-corrected chi connectivity index (χ0v) is 19.2. The van der Waals surface area contributed by atoms with Crippen molar-refractivity contribution in [1.82, 2.24) is 24.1 Å². The van der Waals surface area contributed by atoms with Crippen LogP contribution in [0.1, 0.15) is 0 Å². The Hall–Kier alpha value is -1.97. The van der Waals surface area contributed by atoms with E-state index in [0.29, 0.717) is 64.7 Å². The summed E-state index contributed by atoms with van der Waals surface area (Å²) >= 11 is 24.2. The van der Waals surface area contributed by atoms with Gasteiger partial charge in [0.2, 0.25) is 11.2 Å². The van der Waals surface area contributed by atoms with E-state index < -0.39 is 5.82 Å². The minimum Gasteiger partial charge on any atom is -0.343 e. The lowest BCUT2D eigenvalue weighted by Crippen LogP contribution is -2.46. The van der Waals surface area contributed by atoms with E-state index in [-0.39, 0.29) is 5.02 Å². The molecule has 11 heteroatoms. The van der Waals surface area contributed by atoms with Crippen LogP contribution < -0.4 is 0 Å². The van der Waals surface area contributed by atoms with E-state index in [2.05, 4.69) is 4.90 Å². The third kappa shape index (κ3) is 4.63. The first-order chi connectivity index (χ1) is 14.9. The summed E-state index contributed by atoms with van der Waals surface area (Å²) in [5.74, 6) is -0.0377. The van der Waals surface area contributed by atoms with Crippen LogP contribution in [-0.4, -0.2) is 56.7 Å². The van der Waals surface area contributed by atoms with Crippen LogP contribution in [0.4, 0.5) is 4.39 Å². The first-order valence-electron chi connectivity index (χ1n) is 9.40. The molecule has 1 fully saturated rings. The summed E-state index contributed by atoms with van der Waals surface area (Å²) < 4.78 is 17.6. The SMILES string of the molecule is O=CN1CCN(Cn2nc(-c3ccc(Cl)cc3Cl)n(-c3ccc(F)c(Cl)c3)c2=S)CC1. The van der Waals surface area contributed by atoms with E-state index in [4.69, 9.17) is 52.1 Å². The number of rotatable bonds is 5. The third-order valence-electron chi connectivity index (χ3n) is 5.06. The lowest BCUT2D eigenvalue weighted by molar-refractivity contribution is -0.119. The van der Waals surface area contributed by atoms with Gasteiger partial charge in [-0.3, -0.25) is 14.3 Å². The van der Waals surface area contributed by atoms with Gasteiger partial charge in [-0.05, 0) is 48.6 Å². The van der Waals surface area contributed by atoms with Crippen molar-refractivity contribution in [3.05, 3.63) is 62.1 Å². The summed E-state index contributed by atoms with van der Waals surface area (Å²) in [6, 6.07) is 9.46. The summed E-state index contributed by atoms with van der Waals surface area (Å²) in [5, 5.41) is 5.60. The molecule has 1 aromatic heterocycles. The largest absolute Gasteiger partial charge is 0.343 e. The molecular weight excluding hydrogens is 484 g/mol. The lowest BCUT2D eigenvalue weighted by atomic mass is 10.2. The molecule has 31 heavy (non-hydrogen) atoms. The molecule has 6 nitrogen and oxygen atoms in total. The van der Waals surface area contributed by atoms with E-state index in [1.165, 1.54) is 12.1 Å². The number of amides is 1. The molecule has 0 unspecified atom stereocenters. The number of hydrogen-bond acceptors (Lipinski definition) is 4. The van der Waals surface area contributed by atoms with Crippen molar-refractivity contribution < 1.29 is 9.18 Å². The van der Waals surface area contributed by atoms with Crippen LogP contribution in [0.2, 0.25) is 15.1 Å². The average molecular weight is 501 g/mol. The van der Waals surface area contributed by atoms with Gasteiger partial charge in [-0.15, -0.1) is 5.10 Å². The molecule has 0 saturated carbocycles. The molecule has 4 rings (SSSR count). The van der Waals surface area contributed by atoms with E-state index in [0.717, 1.165) is 6.41 Å². The standard InChI is InChI=1S/C20H17Cl3FN5OS/c21-13-1-3-15(16(22)9-13)19-25-28(11-26-5-7-27(12-30)8-6-26)20(31)29(19)14-2-4-18(24)17(23)10-14/h1-4,9-10,12H,5-8,11H2. The predicted molar refractivity (Wildman–Crippen MR) is 122 cm³/mol. The Labute approximate surface area is 198 Å². The maximum absolute atomic E-state index is 13.8. The smallest absolute Gasteiger partial charge is 0.209 e. The van der Waals surface area contributed by atoms with Crippen LogP contribution in [-0.2, 0) is 11.5 Å². The topological polar surface area (TPSA) is 46.3 Å². The Kier molecular flexibility index (Phi) is 6.64. The lowest BCUT2D eigenvalue weighted by Gasteiger charge is -2.32. The fraction of sp³-hybridized carbons (Fsp3) is 0.250. The van der Waals surface area contributed by atoms with Crippen molar-refractivity contribution in [3.8, 4) is 17.1 Å². The molecule has 0 bridgehead atoms. The van der Waals surface area contributed by atoms with Gasteiger partial charge in [-0.25, -0.2) is 9.07 Å². The Balaban J connectivity index is 1.79. The number of carbonyl (C=O) groups is 1. The van der Waals surface area contributed by atoms with Gasteiger partial charge in [0.1, 0.15) is 5.82 Å². The second-order valence-electron chi connectivity index (χ2n) is 7.06. The highest BCUT2D eigenvalue weighted by Gasteiger charge is 2.21. The van der Waals surface area contributed by atoms with Crippen molar-refractivity contribution in [2.75, 3.05) is 26.2 Å². The van der Waals surface area contributed by atoms with Gasteiger partial charge in [-0.2, -0.15) is 0 Å². The molecule has 1 aliphatic heterocycles. The van der Waals surface area contributed by atoms with Crippen LogP contribution in [0.25, 0.3) is 17.1 Å². The number of aromatic nitrogens is 3. The Morgan fingerprint density at radius 1 is 1.03 bits per heavy atom. The normalized spacial score (nSPS) is 14.8. The Bertz CT molecular complexity index is 1190. The minimum absolute atomic E-state index is 0.0229. The van der Waals surface area contributed by atoms with Crippen molar-refractivity contribution in [2.24, 2.45) is 0 Å². The quantitative estimate of drug-likeness (QED) is 0.369. The second-order valence-corrected chi connectivity index (χ2v) is 8.68. The highest BCUT2D eigenvalue weighted by Crippen LogP contribution is 2.32. The zero-order chi connectivity index (χ0) is 22.1. The first kappa shape index (κ1) is 22.2. The maximum atomic E-state index is 13.8. The number of hydrogen-bond donors (Lipinski definition) is 0. The van der Waals surface area contributed by atoms with Crippen LogP contribution >= 0.6 is 47.0 Å². The molecule has 2 heterocycles. The van der Waals surface area contributed by atoms with Crippen LogP contribution in [0.3, 0.4) is 0 Å².